The molecule has 2 aromatic carbocycles. The predicted molar refractivity (Wildman–Crippen MR) is 116 cm³/mol. The van der Waals surface area contributed by atoms with E-state index in [1.807, 2.05) is 0 Å². The van der Waals surface area contributed by atoms with Crippen LogP contribution in [0.1, 0.15) is 55.5 Å². The summed E-state index contributed by atoms with van der Waals surface area (Å²) in [5.41, 5.74) is -3.60. The molecule has 0 unspecified atom stereocenters. The Bertz CT molecular complexity index is 1330. The lowest BCUT2D eigenvalue weighted by Crippen LogP contribution is -2.48. The molecule has 0 radical (unpaired) electrons. The molecule has 13 heteroatoms. The molecule has 0 amide bonds. The van der Waals surface area contributed by atoms with Crippen LogP contribution in [0.25, 0.3) is 0 Å². The first kappa shape index (κ1) is 25.0. The number of phosphoric acid groups is 1. The first-order valence-electron chi connectivity index (χ1n) is 10.2. The number of phosphoric ester groups is 1. The number of carbonyl (C=O) groups is 3. The molecular formula is C22H21O12P. The molecule has 2 aliphatic carbocycles. The lowest BCUT2D eigenvalue weighted by molar-refractivity contribution is -0.149. The number of phenolic OH excluding ortho intramolecular Hbond substituents is 2. The lowest BCUT2D eigenvalue weighted by Gasteiger charge is -2.39. The molecule has 0 spiro atoms. The molecule has 0 heterocycles. The largest absolute Gasteiger partial charge is 0.507 e. The van der Waals surface area contributed by atoms with E-state index in [9.17, 15) is 34.3 Å². The maximum atomic E-state index is 13.3. The Morgan fingerprint density at radius 2 is 1.74 bits per heavy atom. The maximum Gasteiger partial charge on any atom is 0.470 e. The van der Waals surface area contributed by atoms with Crippen molar-refractivity contribution in [3.8, 4) is 17.2 Å². The molecule has 186 valence electrons. The first-order chi connectivity index (χ1) is 16.4. The van der Waals surface area contributed by atoms with E-state index in [-0.39, 0.29) is 28.0 Å². The van der Waals surface area contributed by atoms with Gasteiger partial charge in [0.15, 0.2) is 11.6 Å². The SMILES string of the molecule is COc1cccc2c1C(=O)c1c(O)c3c(c(O)c1C2=O)C[C@@](OC)(C(=O)COP(=O)(O)O)C[C@@H]3O. The highest BCUT2D eigenvalue weighted by molar-refractivity contribution is 7.46. The smallest absolute Gasteiger partial charge is 0.470 e. The Hall–Kier alpha value is -3.12. The molecule has 0 saturated heterocycles. The molecular weight excluding hydrogens is 487 g/mol. The number of fused-ring (bicyclic) bond motifs is 3. The number of ketones is 3. The van der Waals surface area contributed by atoms with E-state index >= 15 is 0 Å². The van der Waals surface area contributed by atoms with Crippen LogP contribution in [0.2, 0.25) is 0 Å². The number of carbonyl (C=O) groups excluding carboxylic acids is 3. The van der Waals surface area contributed by atoms with Crippen LogP contribution in [0.5, 0.6) is 17.2 Å². The summed E-state index contributed by atoms with van der Waals surface area (Å²) in [6.07, 6.45) is -2.64. The van der Waals surface area contributed by atoms with Crippen LogP contribution < -0.4 is 4.74 Å². The van der Waals surface area contributed by atoms with Crippen LogP contribution in [0, 0.1) is 0 Å². The number of hydrogen-bond acceptors (Lipinski definition) is 10. The third-order valence-electron chi connectivity index (χ3n) is 6.34. The molecule has 0 aromatic heterocycles. The van der Waals surface area contributed by atoms with Gasteiger partial charge in [-0.3, -0.25) is 18.9 Å². The fourth-order valence-electron chi connectivity index (χ4n) is 4.69. The van der Waals surface area contributed by atoms with Crippen molar-refractivity contribution in [3.05, 3.63) is 51.6 Å². The Kier molecular flexibility index (Phi) is 6.08. The standard InChI is InChI=1S/C22H21O12P/c1-32-12-5-3-4-9-15(12)21(28)17-16(18(9)25)19(26)10-6-22(33-2,7-11(23)14(10)20(17)27)13(24)8-34-35(29,30)31/h3-5,11,23,26-27H,6-8H2,1-2H3,(H2,29,30,31)/t11-,22-/m0/s1. The fraction of sp³-hybridized carbons (Fsp3) is 0.318. The number of hydrogen-bond donors (Lipinski definition) is 5. The zero-order valence-corrected chi connectivity index (χ0v) is 19.4. The summed E-state index contributed by atoms with van der Waals surface area (Å²) in [6.45, 7) is -1.07. The van der Waals surface area contributed by atoms with E-state index < -0.39 is 79.0 Å². The van der Waals surface area contributed by atoms with Gasteiger partial charge in [0.2, 0.25) is 5.78 Å². The van der Waals surface area contributed by atoms with E-state index in [4.69, 9.17) is 19.3 Å². The average Bonchev–Trinajstić information content (AvgIpc) is 2.81. The zero-order chi connectivity index (χ0) is 25.9. The number of benzene rings is 2. The third-order valence-corrected chi connectivity index (χ3v) is 6.81. The molecule has 5 N–H and O–H groups in total. The third kappa shape index (κ3) is 3.84. The van der Waals surface area contributed by atoms with Crippen molar-refractivity contribution in [2.45, 2.75) is 24.5 Å². The van der Waals surface area contributed by atoms with E-state index in [1.54, 1.807) is 0 Å². The molecule has 0 bridgehead atoms. The Balaban J connectivity index is 1.88. The number of aromatic hydroxyl groups is 2. The topological polar surface area (TPSA) is 197 Å². The van der Waals surface area contributed by atoms with Crippen molar-refractivity contribution in [3.63, 3.8) is 0 Å². The number of methoxy groups -OCH3 is 2. The molecule has 35 heavy (non-hydrogen) atoms. The summed E-state index contributed by atoms with van der Waals surface area (Å²) in [6, 6.07) is 4.29. The van der Waals surface area contributed by atoms with Gasteiger partial charge < -0.3 is 34.6 Å². The van der Waals surface area contributed by atoms with Crippen molar-refractivity contribution in [1.29, 1.82) is 0 Å². The van der Waals surface area contributed by atoms with Gasteiger partial charge >= 0.3 is 7.82 Å². The van der Waals surface area contributed by atoms with Gasteiger partial charge in [-0.25, -0.2) is 4.57 Å². The quantitative estimate of drug-likeness (QED) is 0.234. The number of aliphatic hydroxyl groups is 1. The van der Waals surface area contributed by atoms with Crippen LogP contribution >= 0.6 is 7.82 Å². The normalized spacial score (nSPS) is 21.2. The molecule has 2 atom stereocenters. The van der Waals surface area contributed by atoms with Crippen LogP contribution in [0.3, 0.4) is 0 Å². The van der Waals surface area contributed by atoms with Crippen molar-refractivity contribution < 1.29 is 58.1 Å². The summed E-state index contributed by atoms with van der Waals surface area (Å²) in [5.74, 6) is -3.94. The van der Waals surface area contributed by atoms with Gasteiger partial charge in [0.1, 0.15) is 29.5 Å². The predicted octanol–water partition coefficient (Wildman–Crippen LogP) is 0.925. The van der Waals surface area contributed by atoms with Crippen molar-refractivity contribution in [1.82, 2.24) is 0 Å². The van der Waals surface area contributed by atoms with Crippen molar-refractivity contribution >= 4 is 25.2 Å². The number of ether oxygens (including phenoxy) is 2. The minimum atomic E-state index is -5.00. The fourth-order valence-corrected chi connectivity index (χ4v) is 4.97. The molecule has 4 rings (SSSR count). The highest BCUT2D eigenvalue weighted by Crippen LogP contribution is 2.51. The summed E-state index contributed by atoms with van der Waals surface area (Å²) in [5, 5.41) is 32.9. The number of phenols is 2. The van der Waals surface area contributed by atoms with Gasteiger partial charge in [0, 0.05) is 36.6 Å². The summed E-state index contributed by atoms with van der Waals surface area (Å²) >= 11 is 0. The number of aliphatic hydroxyl groups excluding tert-OH is 1. The minimum absolute atomic E-state index is 0.0722. The van der Waals surface area contributed by atoms with E-state index in [0.29, 0.717) is 0 Å². The summed E-state index contributed by atoms with van der Waals surface area (Å²) in [7, 11) is -2.59. The molecule has 0 saturated carbocycles. The van der Waals surface area contributed by atoms with E-state index in [0.717, 1.165) is 7.11 Å². The van der Waals surface area contributed by atoms with E-state index in [1.165, 1.54) is 25.3 Å². The van der Waals surface area contributed by atoms with Gasteiger partial charge in [-0.15, -0.1) is 0 Å². The second-order valence-electron chi connectivity index (χ2n) is 8.16. The van der Waals surface area contributed by atoms with Crippen molar-refractivity contribution in [2.75, 3.05) is 20.8 Å². The van der Waals surface area contributed by atoms with E-state index in [2.05, 4.69) is 4.52 Å². The zero-order valence-electron chi connectivity index (χ0n) is 18.5. The molecule has 0 aliphatic heterocycles. The van der Waals surface area contributed by atoms with Gasteiger partial charge in [-0.2, -0.15) is 0 Å². The first-order valence-corrected chi connectivity index (χ1v) is 11.7. The molecule has 2 aliphatic rings. The second-order valence-corrected chi connectivity index (χ2v) is 9.40. The van der Waals surface area contributed by atoms with Crippen LogP contribution in [-0.4, -0.2) is 68.9 Å². The number of rotatable bonds is 6. The summed E-state index contributed by atoms with van der Waals surface area (Å²) in [4.78, 5) is 57.2. The monoisotopic (exact) mass is 508 g/mol. The highest BCUT2D eigenvalue weighted by Gasteiger charge is 2.50. The van der Waals surface area contributed by atoms with Crippen molar-refractivity contribution in [2.24, 2.45) is 0 Å². The molecule has 0 fully saturated rings. The van der Waals surface area contributed by atoms with Crippen LogP contribution in [0.4, 0.5) is 0 Å². The lowest BCUT2D eigenvalue weighted by atomic mass is 9.72. The maximum absolute atomic E-state index is 13.3. The Morgan fingerprint density at radius 1 is 1.09 bits per heavy atom. The van der Waals surface area contributed by atoms with Crippen LogP contribution in [-0.2, 0) is 25.0 Å². The Labute approximate surface area is 197 Å². The van der Waals surface area contributed by atoms with Gasteiger partial charge in [-0.1, -0.05) is 12.1 Å². The van der Waals surface area contributed by atoms with Crippen LogP contribution in [0.15, 0.2) is 18.2 Å². The molecule has 2 aromatic rings. The Morgan fingerprint density at radius 3 is 2.34 bits per heavy atom. The van der Waals surface area contributed by atoms with Gasteiger partial charge in [0.25, 0.3) is 0 Å². The second kappa shape index (κ2) is 8.52. The number of Topliss-reactive ketones (excluding diaryl/α,β-unsaturated/α-hetero) is 1. The van der Waals surface area contributed by atoms with Gasteiger partial charge in [0.05, 0.1) is 29.9 Å². The molecule has 12 nitrogen and oxygen atoms in total. The average molecular weight is 508 g/mol. The summed E-state index contributed by atoms with van der Waals surface area (Å²) < 4.78 is 25.8. The van der Waals surface area contributed by atoms with Gasteiger partial charge in [-0.05, 0) is 6.07 Å². The highest BCUT2D eigenvalue weighted by atomic mass is 31.2. The minimum Gasteiger partial charge on any atom is -0.507 e.